The summed E-state index contributed by atoms with van der Waals surface area (Å²) in [5.41, 5.74) is -0.164. The first-order valence-corrected chi connectivity index (χ1v) is 8.62. The van der Waals surface area contributed by atoms with Crippen LogP contribution in [0.3, 0.4) is 0 Å². The van der Waals surface area contributed by atoms with Crippen LogP contribution in [0.4, 0.5) is 0 Å². The predicted octanol–water partition coefficient (Wildman–Crippen LogP) is 2.18. The third-order valence-corrected chi connectivity index (χ3v) is 5.82. The summed E-state index contributed by atoms with van der Waals surface area (Å²) in [6, 6.07) is 0. The summed E-state index contributed by atoms with van der Waals surface area (Å²) >= 11 is 1.71. The van der Waals surface area contributed by atoms with Crippen molar-refractivity contribution in [3.63, 3.8) is 0 Å². The summed E-state index contributed by atoms with van der Waals surface area (Å²) in [5, 5.41) is 0. The number of likely N-dealkylation sites (tertiary alicyclic amines) is 1. The number of ether oxygens (including phenoxy) is 1. The van der Waals surface area contributed by atoms with Crippen molar-refractivity contribution in [1.82, 2.24) is 4.90 Å². The van der Waals surface area contributed by atoms with Crippen LogP contribution in [0.2, 0.25) is 0 Å². The zero-order chi connectivity index (χ0) is 15.0. The Morgan fingerprint density at radius 1 is 1.35 bits per heavy atom. The third kappa shape index (κ3) is 2.83. The number of piperidine rings is 1. The maximum atomic E-state index is 12.5. The van der Waals surface area contributed by atoms with Gasteiger partial charge >= 0.3 is 5.97 Å². The molecular formula is C15H25NO3S. The fraction of sp³-hybridized carbons (Fsp3) is 0.867. The first kappa shape index (κ1) is 15.7. The molecule has 5 heteroatoms. The van der Waals surface area contributed by atoms with E-state index in [0.29, 0.717) is 0 Å². The molecule has 114 valence electrons. The fourth-order valence-electron chi connectivity index (χ4n) is 3.38. The Morgan fingerprint density at radius 3 is 2.45 bits per heavy atom. The van der Waals surface area contributed by atoms with Crippen molar-refractivity contribution in [3.05, 3.63) is 0 Å². The number of methoxy groups -OCH3 is 1. The molecule has 1 atom stereocenters. The molecule has 1 heterocycles. The van der Waals surface area contributed by atoms with Crippen LogP contribution in [0.1, 0.15) is 33.1 Å². The van der Waals surface area contributed by atoms with E-state index in [0.717, 1.165) is 38.1 Å². The molecule has 2 rings (SSSR count). The van der Waals surface area contributed by atoms with E-state index in [1.807, 2.05) is 25.0 Å². The number of hydrogen-bond donors (Lipinski definition) is 0. The van der Waals surface area contributed by atoms with E-state index >= 15 is 0 Å². The maximum absolute atomic E-state index is 12.5. The smallest absolute Gasteiger partial charge is 0.309 e. The van der Waals surface area contributed by atoms with Crippen molar-refractivity contribution in [2.24, 2.45) is 16.7 Å². The van der Waals surface area contributed by atoms with E-state index in [2.05, 4.69) is 0 Å². The van der Waals surface area contributed by atoms with Crippen LogP contribution in [0.25, 0.3) is 0 Å². The van der Waals surface area contributed by atoms with Crippen molar-refractivity contribution in [3.8, 4) is 0 Å². The Morgan fingerprint density at radius 2 is 1.95 bits per heavy atom. The van der Waals surface area contributed by atoms with Crippen LogP contribution in [0, 0.1) is 16.7 Å². The molecule has 2 aliphatic rings. The molecule has 0 aromatic carbocycles. The molecule has 1 unspecified atom stereocenters. The lowest BCUT2D eigenvalue weighted by atomic mass is 9.88. The average Bonchev–Trinajstić information content (AvgIpc) is 3.12. The Hall–Kier alpha value is -0.710. The predicted molar refractivity (Wildman–Crippen MR) is 80.5 cm³/mol. The van der Waals surface area contributed by atoms with E-state index in [-0.39, 0.29) is 28.6 Å². The zero-order valence-corrected chi connectivity index (χ0v) is 13.7. The second kappa shape index (κ2) is 5.58. The molecule has 0 aromatic heterocycles. The maximum Gasteiger partial charge on any atom is 0.309 e. The highest BCUT2D eigenvalue weighted by Gasteiger charge is 2.59. The quantitative estimate of drug-likeness (QED) is 0.747. The lowest BCUT2D eigenvalue weighted by Gasteiger charge is -2.37. The van der Waals surface area contributed by atoms with Gasteiger partial charge in [0.25, 0.3) is 0 Å². The molecule has 1 saturated heterocycles. The van der Waals surface area contributed by atoms with E-state index in [1.165, 1.54) is 7.11 Å². The molecule has 1 amide bonds. The Bertz CT molecular complexity index is 400. The Balaban J connectivity index is 1.90. The number of esters is 1. The van der Waals surface area contributed by atoms with Crippen molar-refractivity contribution >= 4 is 23.6 Å². The molecule has 0 radical (unpaired) electrons. The molecule has 1 aliphatic heterocycles. The number of hydrogen-bond acceptors (Lipinski definition) is 4. The van der Waals surface area contributed by atoms with Crippen LogP contribution < -0.4 is 0 Å². The molecule has 1 saturated carbocycles. The topological polar surface area (TPSA) is 46.6 Å². The highest BCUT2D eigenvalue weighted by Crippen LogP contribution is 2.59. The van der Waals surface area contributed by atoms with E-state index in [4.69, 9.17) is 4.74 Å². The second-order valence-corrected chi connectivity index (χ2v) is 7.62. The molecule has 0 aromatic rings. The van der Waals surface area contributed by atoms with Crippen LogP contribution in [0.5, 0.6) is 0 Å². The van der Waals surface area contributed by atoms with Crippen LogP contribution in [-0.2, 0) is 14.3 Å². The Kier molecular flexibility index (Phi) is 4.38. The largest absolute Gasteiger partial charge is 0.469 e. The molecule has 1 aliphatic carbocycles. The fourth-order valence-corrected chi connectivity index (χ4v) is 4.23. The van der Waals surface area contributed by atoms with Gasteiger partial charge in [-0.3, -0.25) is 9.59 Å². The van der Waals surface area contributed by atoms with Crippen molar-refractivity contribution in [2.75, 3.05) is 32.2 Å². The SMILES string of the molecule is COC(=O)C1CC12CCN(C(=O)C(C)(C)CSC)CC2. The van der Waals surface area contributed by atoms with Gasteiger partial charge in [-0.05, 0) is 30.9 Å². The normalized spacial score (nSPS) is 24.6. The minimum atomic E-state index is -0.296. The number of carbonyl (C=O) groups is 2. The highest BCUT2D eigenvalue weighted by molar-refractivity contribution is 7.98. The number of amides is 1. The van der Waals surface area contributed by atoms with Crippen LogP contribution in [-0.4, -0.2) is 49.0 Å². The number of nitrogens with zero attached hydrogens (tertiary/aromatic N) is 1. The molecule has 20 heavy (non-hydrogen) atoms. The number of thioether (sulfide) groups is 1. The molecule has 4 nitrogen and oxygen atoms in total. The van der Waals surface area contributed by atoms with E-state index in [1.54, 1.807) is 11.8 Å². The van der Waals surface area contributed by atoms with Gasteiger partial charge in [-0.15, -0.1) is 0 Å². The summed E-state index contributed by atoms with van der Waals surface area (Å²) in [5.74, 6) is 1.09. The number of carbonyl (C=O) groups excluding carboxylic acids is 2. The average molecular weight is 299 g/mol. The zero-order valence-electron chi connectivity index (χ0n) is 12.9. The second-order valence-electron chi connectivity index (χ2n) is 6.75. The van der Waals surface area contributed by atoms with Gasteiger partial charge in [-0.25, -0.2) is 0 Å². The van der Waals surface area contributed by atoms with Gasteiger partial charge in [0.15, 0.2) is 0 Å². The molecule has 0 N–H and O–H groups in total. The summed E-state index contributed by atoms with van der Waals surface area (Å²) in [6.45, 7) is 5.60. The molecule has 1 spiro atoms. The highest BCUT2D eigenvalue weighted by atomic mass is 32.2. The van der Waals surface area contributed by atoms with Crippen molar-refractivity contribution < 1.29 is 14.3 Å². The summed E-state index contributed by atoms with van der Waals surface area (Å²) in [7, 11) is 1.46. The lowest BCUT2D eigenvalue weighted by molar-refractivity contribution is -0.144. The standard InChI is InChI=1S/C15H25NO3S/c1-14(2,10-20-4)13(18)16-7-5-15(6-8-16)9-11(15)12(17)19-3/h11H,5-10H2,1-4H3. The summed E-state index contributed by atoms with van der Waals surface area (Å²) < 4.78 is 4.84. The summed E-state index contributed by atoms with van der Waals surface area (Å²) in [6.07, 6.45) is 4.85. The number of rotatable bonds is 4. The van der Waals surface area contributed by atoms with Gasteiger partial charge in [0.05, 0.1) is 18.4 Å². The third-order valence-electron chi connectivity index (χ3n) is 4.81. The monoisotopic (exact) mass is 299 g/mol. The van der Waals surface area contributed by atoms with Gasteiger partial charge in [0, 0.05) is 18.8 Å². The van der Waals surface area contributed by atoms with E-state index < -0.39 is 0 Å². The molecule has 0 bridgehead atoms. The first-order valence-electron chi connectivity index (χ1n) is 7.22. The molecular weight excluding hydrogens is 274 g/mol. The molecule has 2 fully saturated rings. The minimum absolute atomic E-state index is 0.0731. The van der Waals surface area contributed by atoms with Gasteiger partial charge < -0.3 is 9.64 Å². The van der Waals surface area contributed by atoms with Crippen molar-refractivity contribution in [1.29, 1.82) is 0 Å². The van der Waals surface area contributed by atoms with Crippen molar-refractivity contribution in [2.45, 2.75) is 33.1 Å². The van der Waals surface area contributed by atoms with Gasteiger partial charge in [-0.2, -0.15) is 11.8 Å². The lowest BCUT2D eigenvalue weighted by Crippen LogP contribution is -2.46. The first-order chi connectivity index (χ1) is 9.36. The summed E-state index contributed by atoms with van der Waals surface area (Å²) in [4.78, 5) is 26.1. The van der Waals surface area contributed by atoms with Gasteiger partial charge in [0.2, 0.25) is 5.91 Å². The minimum Gasteiger partial charge on any atom is -0.469 e. The van der Waals surface area contributed by atoms with E-state index in [9.17, 15) is 9.59 Å². The van der Waals surface area contributed by atoms with Gasteiger partial charge in [-0.1, -0.05) is 13.8 Å². The van der Waals surface area contributed by atoms with Crippen LogP contribution in [0.15, 0.2) is 0 Å². The van der Waals surface area contributed by atoms with Gasteiger partial charge in [0.1, 0.15) is 0 Å². The Labute approximate surface area is 125 Å². The van der Waals surface area contributed by atoms with Crippen LogP contribution >= 0.6 is 11.8 Å².